The Hall–Kier alpha value is -0.170. The van der Waals surface area contributed by atoms with E-state index in [1.807, 2.05) is 6.92 Å². The van der Waals surface area contributed by atoms with Gasteiger partial charge in [0.2, 0.25) is 0 Å². The van der Waals surface area contributed by atoms with Crippen LogP contribution in [0.25, 0.3) is 0 Å². The molecule has 0 rings (SSSR count). The molecule has 4 N–H and O–H groups in total. The van der Waals surface area contributed by atoms with Gasteiger partial charge in [-0.15, -0.1) is 0 Å². The molecule has 0 saturated carbocycles. The van der Waals surface area contributed by atoms with Crippen LogP contribution in [0.2, 0.25) is 0 Å². The summed E-state index contributed by atoms with van der Waals surface area (Å²) in [6.45, 7) is 2.51. The molecule has 0 amide bonds. The molecule has 0 aliphatic heterocycles. The summed E-state index contributed by atoms with van der Waals surface area (Å²) < 4.78 is 12.4. The monoisotopic (exact) mass is 223 g/mol. The van der Waals surface area contributed by atoms with Crippen LogP contribution in [-0.2, 0) is 4.79 Å². The predicted octanol–water partition coefficient (Wildman–Crippen LogP) is 0.742. The van der Waals surface area contributed by atoms with Crippen molar-refractivity contribution in [3.05, 3.63) is 0 Å². The van der Waals surface area contributed by atoms with Gasteiger partial charge in [-0.1, -0.05) is 18.9 Å². The molecule has 0 aliphatic rings. The lowest BCUT2D eigenvalue weighted by molar-refractivity contribution is -0.131. The first kappa shape index (κ1) is 13.8. The van der Waals surface area contributed by atoms with E-state index in [1.165, 1.54) is 11.9 Å². The zero-order chi connectivity index (χ0) is 10.8. The van der Waals surface area contributed by atoms with E-state index in [4.69, 9.17) is 5.73 Å². The van der Waals surface area contributed by atoms with Gasteiger partial charge in [-0.05, 0) is 25.8 Å². The van der Waals surface area contributed by atoms with Gasteiger partial charge in [-0.2, -0.15) is 4.39 Å². The molecule has 0 fully saturated rings. The number of hydrazine groups is 1. The van der Waals surface area contributed by atoms with Crippen LogP contribution in [0.15, 0.2) is 0 Å². The molecule has 0 spiro atoms. The molecule has 1 unspecified atom stereocenters. The summed E-state index contributed by atoms with van der Waals surface area (Å²) in [5.41, 5.74) is 7.89. The van der Waals surface area contributed by atoms with Gasteiger partial charge in [0.1, 0.15) is 6.04 Å². The maximum absolute atomic E-state index is 12.4. The Morgan fingerprint density at radius 2 is 2.36 bits per heavy atom. The third kappa shape index (κ3) is 7.25. The molecule has 4 nitrogen and oxygen atoms in total. The van der Waals surface area contributed by atoms with Gasteiger partial charge < -0.3 is 5.73 Å². The van der Waals surface area contributed by atoms with Crippen molar-refractivity contribution in [2.45, 2.75) is 32.2 Å². The molecule has 0 aromatic carbocycles. The first-order chi connectivity index (χ1) is 6.72. The minimum absolute atomic E-state index is 0.422. The smallest absolute Gasteiger partial charge is 0.319 e. The predicted molar refractivity (Wildman–Crippen MR) is 57.2 cm³/mol. The highest BCUT2D eigenvalue weighted by Crippen LogP contribution is 2.00. The van der Waals surface area contributed by atoms with Crippen LogP contribution in [0.5, 0.6) is 0 Å². The summed E-state index contributed by atoms with van der Waals surface area (Å²) in [5, 5.41) is 0. The zero-order valence-corrected chi connectivity index (χ0v) is 9.20. The fourth-order valence-electron chi connectivity index (χ4n) is 0.830. The Bertz CT molecular complexity index is 160. The van der Waals surface area contributed by atoms with E-state index in [1.54, 1.807) is 0 Å². The fourth-order valence-corrected chi connectivity index (χ4v) is 1.36. The number of halogens is 1. The van der Waals surface area contributed by atoms with Crippen LogP contribution in [-0.4, -0.2) is 24.4 Å². The second kappa shape index (κ2) is 9.39. The van der Waals surface area contributed by atoms with Crippen LogP contribution in [0, 0.1) is 0 Å². The lowest BCUT2D eigenvalue weighted by Crippen LogP contribution is -2.41. The van der Waals surface area contributed by atoms with Crippen LogP contribution in [0.4, 0.5) is 4.39 Å². The van der Waals surface area contributed by atoms with E-state index in [2.05, 4.69) is 10.3 Å². The molecule has 0 aromatic heterocycles. The third-order valence-electron chi connectivity index (χ3n) is 1.58. The molecule has 0 aromatic rings. The van der Waals surface area contributed by atoms with E-state index < -0.39 is 12.1 Å². The number of carbonyl (C=O) groups is 1. The minimum Gasteiger partial charge on any atom is -0.330 e. The number of carbonyl (C=O) groups excluding carboxylic acids is 1. The van der Waals surface area contributed by atoms with E-state index in [-0.39, 0.29) is 0 Å². The summed E-state index contributed by atoms with van der Waals surface area (Å²) in [6.07, 6.45) is 2.08. The Morgan fingerprint density at radius 3 is 2.86 bits per heavy atom. The Balaban J connectivity index is 3.57. The van der Waals surface area contributed by atoms with Gasteiger partial charge in [0.05, 0.1) is 0 Å². The van der Waals surface area contributed by atoms with Crippen LogP contribution in [0.3, 0.4) is 0 Å². The second-order valence-corrected chi connectivity index (χ2v) is 3.78. The van der Waals surface area contributed by atoms with Crippen molar-refractivity contribution in [1.29, 1.82) is 0 Å². The van der Waals surface area contributed by atoms with E-state index in [9.17, 15) is 9.18 Å². The number of hydrogen-bond acceptors (Lipinski definition) is 5. The molecular formula is C8H18FN3OS. The summed E-state index contributed by atoms with van der Waals surface area (Å²) >= 11 is 1.42. The van der Waals surface area contributed by atoms with Crippen molar-refractivity contribution in [1.82, 2.24) is 10.3 Å². The zero-order valence-electron chi connectivity index (χ0n) is 8.38. The number of hydrogen-bond donors (Lipinski definition) is 3. The molecule has 0 aliphatic carbocycles. The van der Waals surface area contributed by atoms with Crippen LogP contribution in [0.1, 0.15) is 26.2 Å². The largest absolute Gasteiger partial charge is 0.330 e. The Kier molecular flexibility index (Phi) is 9.27. The van der Waals surface area contributed by atoms with Crippen molar-refractivity contribution in [3.8, 4) is 0 Å². The molecule has 14 heavy (non-hydrogen) atoms. The minimum atomic E-state index is -1.34. The standard InChI is InChI=1S/C8H18FN3OS/c1-2-6-14-12-11-7(8(9)13)4-3-5-10/h7,11-12H,2-6,10H2,1H3. The normalized spacial score (nSPS) is 12.8. The van der Waals surface area contributed by atoms with Crippen LogP contribution >= 0.6 is 11.9 Å². The molecule has 6 heteroatoms. The van der Waals surface area contributed by atoms with Gasteiger partial charge in [0.15, 0.2) is 0 Å². The first-order valence-electron chi connectivity index (χ1n) is 4.74. The lowest BCUT2D eigenvalue weighted by atomic mass is 10.2. The Labute approximate surface area is 88.3 Å². The molecule has 0 heterocycles. The van der Waals surface area contributed by atoms with Crippen molar-refractivity contribution in [2.75, 3.05) is 12.3 Å². The summed E-state index contributed by atoms with van der Waals surface area (Å²) in [4.78, 5) is 13.2. The van der Waals surface area contributed by atoms with Gasteiger partial charge in [-0.25, -0.2) is 10.3 Å². The summed E-state index contributed by atoms with van der Waals surface area (Å²) in [5.74, 6) is 0.914. The number of nitrogens with one attached hydrogen (secondary N) is 2. The van der Waals surface area contributed by atoms with Gasteiger partial charge in [0.25, 0.3) is 0 Å². The molecule has 84 valence electrons. The highest BCUT2D eigenvalue weighted by molar-refractivity contribution is 7.97. The summed E-state index contributed by atoms with van der Waals surface area (Å²) in [6, 6.07) is -2.12. The topological polar surface area (TPSA) is 67.2 Å². The van der Waals surface area contributed by atoms with Gasteiger partial charge in [-0.3, -0.25) is 4.79 Å². The number of rotatable bonds is 9. The molecule has 0 bridgehead atoms. The van der Waals surface area contributed by atoms with Gasteiger partial charge in [0, 0.05) is 5.75 Å². The SMILES string of the molecule is CCCSNNC(CCCN)C(=O)F. The Morgan fingerprint density at radius 1 is 1.64 bits per heavy atom. The fraction of sp³-hybridized carbons (Fsp3) is 0.875. The second-order valence-electron chi connectivity index (χ2n) is 2.88. The molecule has 0 radical (unpaired) electrons. The van der Waals surface area contributed by atoms with E-state index in [0.717, 1.165) is 12.2 Å². The number of nitrogens with two attached hydrogens (primary N) is 1. The van der Waals surface area contributed by atoms with E-state index in [0.29, 0.717) is 19.4 Å². The maximum Gasteiger partial charge on any atom is 0.319 e. The van der Waals surface area contributed by atoms with Crippen molar-refractivity contribution >= 4 is 18.0 Å². The summed E-state index contributed by atoms with van der Waals surface area (Å²) in [7, 11) is 0. The maximum atomic E-state index is 12.4. The first-order valence-corrected chi connectivity index (χ1v) is 5.72. The van der Waals surface area contributed by atoms with E-state index >= 15 is 0 Å². The van der Waals surface area contributed by atoms with Crippen molar-refractivity contribution in [2.24, 2.45) is 5.73 Å². The highest BCUT2D eigenvalue weighted by Gasteiger charge is 2.16. The third-order valence-corrected chi connectivity index (χ3v) is 2.46. The quantitative estimate of drug-likeness (QED) is 0.233. The molecular weight excluding hydrogens is 205 g/mol. The average Bonchev–Trinajstić information content (AvgIpc) is 2.16. The van der Waals surface area contributed by atoms with Crippen molar-refractivity contribution in [3.63, 3.8) is 0 Å². The molecule has 1 atom stereocenters. The average molecular weight is 223 g/mol. The van der Waals surface area contributed by atoms with Crippen LogP contribution < -0.4 is 16.0 Å². The highest BCUT2D eigenvalue weighted by atomic mass is 32.2. The van der Waals surface area contributed by atoms with Crippen molar-refractivity contribution < 1.29 is 9.18 Å². The molecule has 0 saturated heterocycles. The lowest BCUT2D eigenvalue weighted by Gasteiger charge is -2.13. The van der Waals surface area contributed by atoms with Gasteiger partial charge >= 0.3 is 6.04 Å².